The highest BCUT2D eigenvalue weighted by atomic mass is 32.2. The first-order valence-electron chi connectivity index (χ1n) is 11.7. The van der Waals surface area contributed by atoms with Crippen molar-refractivity contribution in [2.75, 3.05) is 24.5 Å². The summed E-state index contributed by atoms with van der Waals surface area (Å²) in [7, 11) is 0. The van der Waals surface area contributed by atoms with Crippen LogP contribution in [0, 0.1) is 5.92 Å². The van der Waals surface area contributed by atoms with E-state index in [0.29, 0.717) is 40.3 Å². The van der Waals surface area contributed by atoms with E-state index in [1.807, 2.05) is 0 Å². The Labute approximate surface area is 216 Å². The Morgan fingerprint density at radius 3 is 2.81 bits per heavy atom. The van der Waals surface area contributed by atoms with Crippen LogP contribution in [0.15, 0.2) is 52.4 Å². The van der Waals surface area contributed by atoms with Crippen molar-refractivity contribution < 1.29 is 23.9 Å². The van der Waals surface area contributed by atoms with Gasteiger partial charge in [0.2, 0.25) is 5.95 Å². The van der Waals surface area contributed by atoms with Crippen LogP contribution < -0.4 is 15.5 Å². The van der Waals surface area contributed by atoms with E-state index < -0.39 is 11.9 Å². The quantitative estimate of drug-likeness (QED) is 0.376. The summed E-state index contributed by atoms with van der Waals surface area (Å²) in [5, 5.41) is 14.9. The molecule has 0 spiro atoms. The molecule has 12 heteroatoms. The molecule has 190 valence electrons. The molecule has 2 amide bonds. The molecule has 2 saturated heterocycles. The number of aromatic nitrogens is 3. The number of pyridine rings is 1. The number of rotatable bonds is 8. The van der Waals surface area contributed by atoms with Crippen molar-refractivity contribution in [2.45, 2.75) is 19.4 Å². The van der Waals surface area contributed by atoms with Crippen LogP contribution in [0.2, 0.25) is 0 Å². The number of amides is 2. The number of hydrogen-bond donors (Lipinski definition) is 3. The summed E-state index contributed by atoms with van der Waals surface area (Å²) >= 11 is 0.862. The fourth-order valence-electron chi connectivity index (χ4n) is 4.30. The minimum atomic E-state index is -1.03. The number of carboxylic acid groups (broad SMARTS) is 1. The van der Waals surface area contributed by atoms with Gasteiger partial charge in [-0.05, 0) is 66.9 Å². The Morgan fingerprint density at radius 1 is 1.27 bits per heavy atom. The molecule has 0 saturated carbocycles. The van der Waals surface area contributed by atoms with E-state index in [2.05, 4.69) is 30.5 Å². The molecule has 5 heterocycles. The highest BCUT2D eigenvalue weighted by molar-refractivity contribution is 8.18. The van der Waals surface area contributed by atoms with E-state index in [1.165, 1.54) is 12.5 Å². The predicted molar refractivity (Wildman–Crippen MR) is 137 cm³/mol. The Kier molecular flexibility index (Phi) is 7.28. The van der Waals surface area contributed by atoms with Crippen LogP contribution in [0.5, 0.6) is 0 Å². The molecule has 2 fully saturated rings. The van der Waals surface area contributed by atoms with Gasteiger partial charge in [0, 0.05) is 37.6 Å². The van der Waals surface area contributed by atoms with Crippen molar-refractivity contribution in [1.29, 1.82) is 0 Å². The number of nitrogens with one attached hydrogen (secondary N) is 2. The number of piperidine rings is 1. The summed E-state index contributed by atoms with van der Waals surface area (Å²) < 4.78 is 5.06. The molecule has 3 N–H and O–H groups in total. The van der Waals surface area contributed by atoms with Crippen LogP contribution in [0.3, 0.4) is 0 Å². The third-order valence-corrected chi connectivity index (χ3v) is 7.02. The number of carboxylic acids is 1. The lowest BCUT2D eigenvalue weighted by molar-refractivity contribution is -0.115. The number of imide groups is 1. The maximum Gasteiger partial charge on any atom is 0.337 e. The first kappa shape index (κ1) is 24.7. The zero-order valence-corrected chi connectivity index (χ0v) is 20.5. The Bertz CT molecular complexity index is 1350. The highest BCUT2D eigenvalue weighted by Gasteiger charge is 2.26. The van der Waals surface area contributed by atoms with Crippen LogP contribution in [-0.2, 0) is 11.3 Å². The molecule has 2 aliphatic rings. The van der Waals surface area contributed by atoms with Gasteiger partial charge in [0.15, 0.2) is 0 Å². The van der Waals surface area contributed by atoms with Crippen LogP contribution in [-0.4, -0.2) is 56.8 Å². The zero-order chi connectivity index (χ0) is 25.8. The summed E-state index contributed by atoms with van der Waals surface area (Å²) in [6.07, 6.45) is 9.81. The Hall–Kier alpha value is -4.03. The second-order valence-corrected chi connectivity index (χ2v) is 9.77. The highest BCUT2D eigenvalue weighted by Crippen LogP contribution is 2.26. The number of thioether (sulfide) groups is 1. The number of furan rings is 1. The first-order valence-corrected chi connectivity index (χ1v) is 12.6. The summed E-state index contributed by atoms with van der Waals surface area (Å²) in [4.78, 5) is 50.6. The third kappa shape index (κ3) is 5.87. The maximum absolute atomic E-state index is 11.8. The lowest BCUT2D eigenvalue weighted by atomic mass is 9.97. The van der Waals surface area contributed by atoms with Gasteiger partial charge in [-0.25, -0.2) is 14.8 Å². The van der Waals surface area contributed by atoms with E-state index in [4.69, 9.17) is 4.42 Å². The maximum atomic E-state index is 11.8. The normalized spacial score (nSPS) is 17.4. The molecule has 5 rings (SSSR count). The molecule has 0 aromatic carbocycles. The van der Waals surface area contributed by atoms with Crippen molar-refractivity contribution in [3.05, 3.63) is 64.8 Å². The number of hydrogen-bond acceptors (Lipinski definition) is 10. The number of aromatic carboxylic acids is 1. The molecule has 2 aliphatic heterocycles. The summed E-state index contributed by atoms with van der Waals surface area (Å²) in [6, 6.07) is 5.04. The van der Waals surface area contributed by atoms with Crippen LogP contribution in [0.1, 0.15) is 34.5 Å². The smallest absolute Gasteiger partial charge is 0.337 e. The lowest BCUT2D eigenvalue weighted by Gasteiger charge is -2.32. The second-order valence-electron chi connectivity index (χ2n) is 8.75. The van der Waals surface area contributed by atoms with E-state index in [-0.39, 0.29) is 10.8 Å². The number of carbonyl (C=O) groups is 3. The van der Waals surface area contributed by atoms with Crippen molar-refractivity contribution in [3.63, 3.8) is 0 Å². The third-order valence-electron chi connectivity index (χ3n) is 6.21. The van der Waals surface area contributed by atoms with Gasteiger partial charge in [0.05, 0.1) is 34.4 Å². The largest absolute Gasteiger partial charge is 0.478 e. The fraction of sp³-hybridized carbons (Fsp3) is 0.280. The summed E-state index contributed by atoms with van der Waals surface area (Å²) in [6.45, 7) is 2.91. The average Bonchev–Trinajstić information content (AvgIpc) is 3.54. The first-order chi connectivity index (χ1) is 18.0. The summed E-state index contributed by atoms with van der Waals surface area (Å²) in [5.74, 6) is -0.379. The molecule has 37 heavy (non-hydrogen) atoms. The molecule has 11 nitrogen and oxygen atoms in total. The van der Waals surface area contributed by atoms with E-state index >= 15 is 0 Å². The molecule has 0 bridgehead atoms. The zero-order valence-electron chi connectivity index (χ0n) is 19.7. The number of nitrogens with zero attached hydrogens (tertiary/aromatic N) is 4. The molecule has 0 unspecified atom stereocenters. The van der Waals surface area contributed by atoms with Gasteiger partial charge in [-0.2, -0.15) is 0 Å². The van der Waals surface area contributed by atoms with Crippen molar-refractivity contribution in [1.82, 2.24) is 25.6 Å². The molecule has 0 atom stereocenters. The topological polar surface area (TPSA) is 151 Å². The molecular formula is C25H24N6O5S. The van der Waals surface area contributed by atoms with Crippen LogP contribution >= 0.6 is 11.8 Å². The lowest BCUT2D eigenvalue weighted by Crippen LogP contribution is -2.38. The standard InChI is InChI=1S/C25H24N6O5S/c32-22-20(37-25(35)30-22)10-18-1-5-27-24(29-18)31-6-2-15(3-7-31)11-26-12-16-9-19(23(33)34)21(28-13-16)17-4-8-36-14-17/h1,4-5,8-10,13-15,26H,2-3,6-7,11-12H2,(H,33,34)(H,30,32,35)/b20-10+. The second kappa shape index (κ2) is 10.9. The summed E-state index contributed by atoms with van der Waals surface area (Å²) in [5.41, 5.74) is 2.54. The molecule has 3 aromatic heterocycles. The Morgan fingerprint density at radius 2 is 2.11 bits per heavy atom. The van der Waals surface area contributed by atoms with E-state index in [9.17, 15) is 19.5 Å². The predicted octanol–water partition coefficient (Wildman–Crippen LogP) is 3.16. The monoisotopic (exact) mass is 520 g/mol. The van der Waals surface area contributed by atoms with Gasteiger partial charge in [-0.15, -0.1) is 0 Å². The fourth-order valence-corrected chi connectivity index (χ4v) is 4.97. The van der Waals surface area contributed by atoms with Gasteiger partial charge in [0.25, 0.3) is 11.1 Å². The number of anilines is 1. The van der Waals surface area contributed by atoms with Crippen molar-refractivity contribution in [2.24, 2.45) is 5.92 Å². The molecule has 0 aliphatic carbocycles. The van der Waals surface area contributed by atoms with Gasteiger partial charge in [0.1, 0.15) is 0 Å². The SMILES string of the molecule is O=C1NC(=O)/C(=C\c2ccnc(N3CCC(CNCc4cnc(-c5ccoc5)c(C(=O)O)c4)CC3)n2)S1. The average molecular weight is 521 g/mol. The van der Waals surface area contributed by atoms with Gasteiger partial charge >= 0.3 is 5.97 Å². The molecule has 3 aromatic rings. The van der Waals surface area contributed by atoms with Gasteiger partial charge in [-0.1, -0.05) is 0 Å². The molecule has 0 radical (unpaired) electrons. The Balaban J connectivity index is 1.13. The minimum absolute atomic E-state index is 0.144. The van der Waals surface area contributed by atoms with E-state index in [0.717, 1.165) is 49.8 Å². The van der Waals surface area contributed by atoms with Gasteiger partial charge < -0.3 is 19.7 Å². The van der Waals surface area contributed by atoms with Crippen molar-refractivity contribution >= 4 is 40.9 Å². The van der Waals surface area contributed by atoms with E-state index in [1.54, 1.807) is 36.7 Å². The van der Waals surface area contributed by atoms with Crippen LogP contribution in [0.25, 0.3) is 17.3 Å². The number of carbonyl (C=O) groups excluding carboxylic acids is 2. The van der Waals surface area contributed by atoms with Crippen LogP contribution in [0.4, 0.5) is 10.7 Å². The van der Waals surface area contributed by atoms with Crippen molar-refractivity contribution in [3.8, 4) is 11.3 Å². The molecular weight excluding hydrogens is 496 g/mol. The van der Waals surface area contributed by atoms with Gasteiger partial charge in [-0.3, -0.25) is 19.9 Å². The minimum Gasteiger partial charge on any atom is -0.478 e.